The molecule has 1 N–H and O–H groups in total. The number of halogens is 3. The highest BCUT2D eigenvalue weighted by atomic mass is 127. The van der Waals surface area contributed by atoms with Crippen LogP contribution < -0.4 is 4.74 Å². The number of aromatic nitrogens is 2. The van der Waals surface area contributed by atoms with Gasteiger partial charge in [-0.3, -0.25) is 0 Å². The van der Waals surface area contributed by atoms with Crippen molar-refractivity contribution in [2.75, 3.05) is 0 Å². The van der Waals surface area contributed by atoms with Crippen LogP contribution in [0, 0.1) is 24.3 Å². The van der Waals surface area contributed by atoms with Crippen LogP contribution in [0.5, 0.6) is 5.75 Å². The number of nitriles is 1. The van der Waals surface area contributed by atoms with Crippen molar-refractivity contribution in [3.8, 4) is 11.8 Å². The summed E-state index contributed by atoms with van der Waals surface area (Å²) < 4.78 is 21.5. The van der Waals surface area contributed by atoms with Gasteiger partial charge in [0.2, 0.25) is 0 Å². The van der Waals surface area contributed by atoms with Crippen molar-refractivity contribution in [1.82, 2.24) is 9.97 Å². The predicted molar refractivity (Wildman–Crippen MR) is 132 cm³/mol. The Labute approximate surface area is 200 Å². The van der Waals surface area contributed by atoms with Crippen LogP contribution in [0.15, 0.2) is 60.7 Å². The molecule has 0 aliphatic carbocycles. The van der Waals surface area contributed by atoms with Gasteiger partial charge in [-0.15, -0.1) is 0 Å². The average Bonchev–Trinajstić information content (AvgIpc) is 3.15. The molecule has 0 radical (unpaired) electrons. The summed E-state index contributed by atoms with van der Waals surface area (Å²) in [5.74, 6) is 0.840. The van der Waals surface area contributed by atoms with Crippen molar-refractivity contribution in [3.05, 3.63) is 90.6 Å². The highest BCUT2D eigenvalue weighted by Gasteiger charge is 2.10. The zero-order chi connectivity index (χ0) is 21.1. The fourth-order valence-electron chi connectivity index (χ4n) is 2.90. The minimum Gasteiger partial charge on any atom is -0.488 e. The van der Waals surface area contributed by atoms with Crippen LogP contribution in [0.3, 0.4) is 0 Å². The predicted octanol–water partition coefficient (Wildman–Crippen LogP) is 6.55. The molecule has 1 heterocycles. The number of imidazole rings is 1. The lowest BCUT2D eigenvalue weighted by Gasteiger charge is -2.09. The second kappa shape index (κ2) is 9.14. The molecule has 0 unspecified atom stereocenters. The van der Waals surface area contributed by atoms with Gasteiger partial charge in [0.15, 0.2) is 0 Å². The van der Waals surface area contributed by atoms with Gasteiger partial charge >= 0.3 is 0 Å². The van der Waals surface area contributed by atoms with E-state index in [-0.39, 0.29) is 5.82 Å². The molecule has 4 aromatic rings. The zero-order valence-electron chi connectivity index (χ0n) is 15.5. The van der Waals surface area contributed by atoms with E-state index in [0.717, 1.165) is 20.4 Å². The Morgan fingerprint density at radius 3 is 2.63 bits per heavy atom. The molecule has 30 heavy (non-hydrogen) atoms. The van der Waals surface area contributed by atoms with E-state index < -0.39 is 0 Å². The molecule has 7 heteroatoms. The van der Waals surface area contributed by atoms with E-state index in [1.54, 1.807) is 12.1 Å². The third-order valence-corrected chi connectivity index (χ3v) is 5.96. The van der Waals surface area contributed by atoms with Crippen LogP contribution in [0.25, 0.3) is 22.7 Å². The molecule has 0 atom stereocenters. The van der Waals surface area contributed by atoms with Gasteiger partial charge in [-0.25, -0.2) is 9.37 Å². The summed E-state index contributed by atoms with van der Waals surface area (Å²) in [5.41, 5.74) is 3.49. The number of nitrogens with zero attached hydrogens (tertiary/aromatic N) is 2. The molecular formula is C23H14FI2N3O. The quantitative estimate of drug-likeness (QED) is 0.203. The Balaban J connectivity index is 1.55. The number of ether oxygens (including phenoxy) is 1. The van der Waals surface area contributed by atoms with Gasteiger partial charge in [0.1, 0.15) is 30.1 Å². The van der Waals surface area contributed by atoms with Gasteiger partial charge in [0.25, 0.3) is 0 Å². The number of rotatable bonds is 5. The third-order valence-electron chi connectivity index (χ3n) is 4.39. The maximum absolute atomic E-state index is 13.4. The summed E-state index contributed by atoms with van der Waals surface area (Å²) >= 11 is 4.49. The van der Waals surface area contributed by atoms with Crippen LogP contribution in [0.2, 0.25) is 0 Å². The molecule has 4 nitrogen and oxygen atoms in total. The average molecular weight is 621 g/mol. The number of benzene rings is 3. The molecule has 0 fully saturated rings. The van der Waals surface area contributed by atoms with E-state index in [1.165, 1.54) is 15.7 Å². The SMILES string of the molecule is N#C/C(=C/c1ccc(OCc2ccc(I)cc2)c(I)c1)c1nc2ccc(F)cc2[nH]1. The largest absolute Gasteiger partial charge is 0.488 e. The fourth-order valence-corrected chi connectivity index (χ4v) is 3.95. The first-order valence-corrected chi connectivity index (χ1v) is 11.1. The van der Waals surface area contributed by atoms with Gasteiger partial charge in [0.05, 0.1) is 20.2 Å². The number of hydrogen-bond acceptors (Lipinski definition) is 3. The van der Waals surface area contributed by atoms with E-state index in [4.69, 9.17) is 4.74 Å². The molecule has 0 aliphatic rings. The number of H-pyrrole nitrogens is 1. The first-order valence-electron chi connectivity index (χ1n) is 8.96. The van der Waals surface area contributed by atoms with Crippen LogP contribution in [0.4, 0.5) is 4.39 Å². The van der Waals surface area contributed by atoms with Crippen LogP contribution in [-0.2, 0) is 6.61 Å². The van der Waals surface area contributed by atoms with Crippen LogP contribution >= 0.6 is 45.2 Å². The molecular weight excluding hydrogens is 607 g/mol. The monoisotopic (exact) mass is 621 g/mol. The van der Waals surface area contributed by atoms with Crippen molar-refractivity contribution in [2.24, 2.45) is 0 Å². The molecule has 0 saturated heterocycles. The van der Waals surface area contributed by atoms with Gasteiger partial charge in [-0.05, 0) is 105 Å². The third kappa shape index (κ3) is 4.82. The highest BCUT2D eigenvalue weighted by Crippen LogP contribution is 2.26. The standard InChI is InChI=1S/C23H14FI2N3O/c24-17-4-7-20-21(11-17)29-23(28-20)16(12-27)9-15-3-8-22(19(26)10-15)30-13-14-1-5-18(25)6-2-14/h1-11H,13H2,(H,28,29)/b16-9-. The van der Waals surface area contributed by atoms with E-state index in [1.807, 2.05) is 42.5 Å². The lowest BCUT2D eigenvalue weighted by atomic mass is 10.1. The number of allylic oxidation sites excluding steroid dienone is 1. The molecule has 0 saturated carbocycles. The van der Waals surface area contributed by atoms with Gasteiger partial charge in [-0.2, -0.15) is 5.26 Å². The van der Waals surface area contributed by atoms with Crippen molar-refractivity contribution in [3.63, 3.8) is 0 Å². The van der Waals surface area contributed by atoms with Gasteiger partial charge < -0.3 is 9.72 Å². The Bertz CT molecular complexity index is 1290. The maximum atomic E-state index is 13.4. The summed E-state index contributed by atoms with van der Waals surface area (Å²) in [6.07, 6.45) is 1.75. The molecule has 0 spiro atoms. The van der Waals surface area contributed by atoms with E-state index in [2.05, 4.69) is 61.2 Å². The molecule has 0 bridgehead atoms. The van der Waals surface area contributed by atoms with E-state index in [9.17, 15) is 9.65 Å². The summed E-state index contributed by atoms with van der Waals surface area (Å²) in [4.78, 5) is 7.40. The van der Waals surface area contributed by atoms with Crippen molar-refractivity contribution in [1.29, 1.82) is 5.26 Å². The summed E-state index contributed by atoms with van der Waals surface area (Å²) in [6, 6.07) is 20.4. The van der Waals surface area contributed by atoms with Crippen LogP contribution in [-0.4, -0.2) is 9.97 Å². The minimum absolute atomic E-state index is 0.351. The van der Waals surface area contributed by atoms with Crippen molar-refractivity contribution < 1.29 is 9.13 Å². The first kappa shape index (κ1) is 20.8. The molecule has 0 amide bonds. The molecule has 4 rings (SSSR count). The van der Waals surface area contributed by atoms with Crippen molar-refractivity contribution >= 4 is 67.9 Å². The Morgan fingerprint density at radius 1 is 1.10 bits per heavy atom. The summed E-state index contributed by atoms with van der Waals surface area (Å²) in [6.45, 7) is 0.487. The Hall–Kier alpha value is -2.45. The van der Waals surface area contributed by atoms with Gasteiger partial charge in [-0.1, -0.05) is 18.2 Å². The Kier molecular flexibility index (Phi) is 6.34. The highest BCUT2D eigenvalue weighted by molar-refractivity contribution is 14.1. The molecule has 1 aromatic heterocycles. The second-order valence-electron chi connectivity index (χ2n) is 6.52. The topological polar surface area (TPSA) is 61.7 Å². The van der Waals surface area contributed by atoms with E-state index in [0.29, 0.717) is 29.0 Å². The molecule has 148 valence electrons. The summed E-state index contributed by atoms with van der Waals surface area (Å²) in [7, 11) is 0. The lowest BCUT2D eigenvalue weighted by molar-refractivity contribution is 0.304. The van der Waals surface area contributed by atoms with Gasteiger partial charge in [0, 0.05) is 3.57 Å². The number of nitrogens with one attached hydrogen (secondary N) is 1. The number of fused-ring (bicyclic) bond motifs is 1. The van der Waals surface area contributed by atoms with Crippen molar-refractivity contribution in [2.45, 2.75) is 6.61 Å². The number of hydrogen-bond donors (Lipinski definition) is 1. The smallest absolute Gasteiger partial charge is 0.149 e. The van der Waals surface area contributed by atoms with E-state index >= 15 is 0 Å². The first-order chi connectivity index (χ1) is 14.5. The Morgan fingerprint density at radius 2 is 1.90 bits per heavy atom. The maximum Gasteiger partial charge on any atom is 0.149 e. The number of aromatic amines is 1. The zero-order valence-corrected chi connectivity index (χ0v) is 19.8. The normalized spacial score (nSPS) is 11.5. The molecule has 0 aliphatic heterocycles. The van der Waals surface area contributed by atoms with Crippen LogP contribution in [0.1, 0.15) is 17.0 Å². The fraction of sp³-hybridized carbons (Fsp3) is 0.0435. The second-order valence-corrected chi connectivity index (χ2v) is 8.93. The summed E-state index contributed by atoms with van der Waals surface area (Å²) in [5, 5.41) is 9.59. The minimum atomic E-state index is -0.351. The lowest BCUT2D eigenvalue weighted by Crippen LogP contribution is -1.97. The molecule has 3 aromatic carbocycles.